The number of carbonyl (C=O) groups excluding carboxylic acids is 1. The molecule has 0 fully saturated rings. The second kappa shape index (κ2) is 39.7. The summed E-state index contributed by atoms with van der Waals surface area (Å²) in [5.41, 5.74) is 0. The standard InChI is InChI=1S/C45H75NO3/c1-3-5-7-9-11-13-15-17-19-21-22-23-24-25-27-29-31-33-35-37-39-41-45(49)46-43(42-47)44(48)40-38-36-34-32-30-28-26-20-18-16-14-12-10-8-6-4-2/h5,7,11,13,17-20,22-23,25,27,30,32,38,40,43-44,47-48H,3-4,6,8-10,12,14-16,21,24,26,28-29,31,33-37,39,41-42H2,1-2H3,(H,46,49)/b7-5-,13-11-,19-17-,20-18+,23-22-,27-25-,32-30+,40-38+. The Hall–Kier alpha value is -2.69. The van der Waals surface area contributed by atoms with Gasteiger partial charge in [-0.2, -0.15) is 0 Å². The van der Waals surface area contributed by atoms with Gasteiger partial charge < -0.3 is 15.5 Å². The van der Waals surface area contributed by atoms with E-state index in [2.05, 4.69) is 104 Å². The highest BCUT2D eigenvalue weighted by atomic mass is 16.3. The van der Waals surface area contributed by atoms with Gasteiger partial charge in [0.2, 0.25) is 5.91 Å². The molecule has 3 N–H and O–H groups in total. The molecule has 0 aliphatic rings. The highest BCUT2D eigenvalue weighted by molar-refractivity contribution is 5.76. The lowest BCUT2D eigenvalue weighted by Crippen LogP contribution is -2.45. The fourth-order valence-electron chi connectivity index (χ4n) is 5.23. The van der Waals surface area contributed by atoms with E-state index < -0.39 is 12.1 Å². The van der Waals surface area contributed by atoms with Crippen LogP contribution in [0, 0.1) is 0 Å². The zero-order valence-corrected chi connectivity index (χ0v) is 31.7. The molecule has 0 aromatic heterocycles. The summed E-state index contributed by atoms with van der Waals surface area (Å²) >= 11 is 0. The molecule has 0 aromatic carbocycles. The molecule has 2 atom stereocenters. The number of amides is 1. The minimum absolute atomic E-state index is 0.103. The molecule has 0 aliphatic heterocycles. The predicted octanol–water partition coefficient (Wildman–Crippen LogP) is 12.3. The summed E-state index contributed by atoms with van der Waals surface area (Å²) in [7, 11) is 0. The monoisotopic (exact) mass is 678 g/mol. The van der Waals surface area contributed by atoms with Crippen LogP contribution < -0.4 is 5.32 Å². The first-order valence-electron chi connectivity index (χ1n) is 20.0. The van der Waals surface area contributed by atoms with E-state index in [1.165, 1.54) is 57.8 Å². The third-order valence-electron chi connectivity index (χ3n) is 8.28. The molecule has 0 radical (unpaired) electrons. The van der Waals surface area contributed by atoms with Gasteiger partial charge >= 0.3 is 0 Å². The molecule has 49 heavy (non-hydrogen) atoms. The number of hydrogen-bond acceptors (Lipinski definition) is 3. The Morgan fingerprint density at radius 2 is 0.918 bits per heavy atom. The van der Waals surface area contributed by atoms with E-state index in [4.69, 9.17) is 0 Å². The van der Waals surface area contributed by atoms with Crippen molar-refractivity contribution in [1.29, 1.82) is 0 Å². The maximum Gasteiger partial charge on any atom is 0.220 e. The van der Waals surface area contributed by atoms with Crippen molar-refractivity contribution in [1.82, 2.24) is 5.32 Å². The van der Waals surface area contributed by atoms with E-state index in [0.717, 1.165) is 83.5 Å². The maximum absolute atomic E-state index is 12.3. The topological polar surface area (TPSA) is 69.6 Å². The lowest BCUT2D eigenvalue weighted by molar-refractivity contribution is -0.123. The van der Waals surface area contributed by atoms with E-state index >= 15 is 0 Å². The van der Waals surface area contributed by atoms with Gasteiger partial charge in [-0.25, -0.2) is 0 Å². The van der Waals surface area contributed by atoms with Gasteiger partial charge in [0.05, 0.1) is 18.8 Å². The Balaban J connectivity index is 3.77. The molecule has 0 spiro atoms. The highest BCUT2D eigenvalue weighted by Crippen LogP contribution is 2.10. The highest BCUT2D eigenvalue weighted by Gasteiger charge is 2.17. The van der Waals surface area contributed by atoms with E-state index in [9.17, 15) is 15.0 Å². The van der Waals surface area contributed by atoms with Crippen molar-refractivity contribution < 1.29 is 15.0 Å². The van der Waals surface area contributed by atoms with Crippen LogP contribution >= 0.6 is 0 Å². The smallest absolute Gasteiger partial charge is 0.220 e. The molecule has 0 aliphatic carbocycles. The van der Waals surface area contributed by atoms with Crippen molar-refractivity contribution in [3.8, 4) is 0 Å². The van der Waals surface area contributed by atoms with Crippen molar-refractivity contribution in [3.05, 3.63) is 97.2 Å². The molecular formula is C45H75NO3. The van der Waals surface area contributed by atoms with E-state index in [0.29, 0.717) is 6.42 Å². The van der Waals surface area contributed by atoms with Crippen LogP contribution in [0.25, 0.3) is 0 Å². The summed E-state index contributed by atoms with van der Waals surface area (Å²) in [4.78, 5) is 12.3. The number of hydrogen-bond donors (Lipinski definition) is 3. The fourth-order valence-corrected chi connectivity index (χ4v) is 5.23. The van der Waals surface area contributed by atoms with E-state index in [1.54, 1.807) is 6.08 Å². The third kappa shape index (κ3) is 36.4. The Labute approximate surface area is 303 Å². The number of aliphatic hydroxyl groups is 2. The molecule has 1 amide bonds. The summed E-state index contributed by atoms with van der Waals surface area (Å²) in [5, 5.41) is 22.9. The Bertz CT molecular complexity index is 952. The summed E-state index contributed by atoms with van der Waals surface area (Å²) < 4.78 is 0. The molecule has 0 heterocycles. The van der Waals surface area contributed by atoms with Gasteiger partial charge in [-0.1, -0.05) is 162 Å². The zero-order valence-electron chi connectivity index (χ0n) is 31.7. The van der Waals surface area contributed by atoms with Gasteiger partial charge in [-0.15, -0.1) is 0 Å². The van der Waals surface area contributed by atoms with Crippen LogP contribution in [0.5, 0.6) is 0 Å². The minimum Gasteiger partial charge on any atom is -0.394 e. The summed E-state index contributed by atoms with van der Waals surface area (Å²) in [5.74, 6) is -0.103. The van der Waals surface area contributed by atoms with E-state index in [-0.39, 0.29) is 12.5 Å². The summed E-state index contributed by atoms with van der Waals surface area (Å²) in [6, 6.07) is -0.661. The Morgan fingerprint density at radius 3 is 1.43 bits per heavy atom. The molecule has 278 valence electrons. The first-order valence-corrected chi connectivity index (χ1v) is 20.0. The number of allylic oxidation sites excluding steroid dienone is 15. The average molecular weight is 678 g/mol. The van der Waals surface area contributed by atoms with Crippen LogP contribution in [0.4, 0.5) is 0 Å². The van der Waals surface area contributed by atoms with Crippen LogP contribution in [0.3, 0.4) is 0 Å². The Kier molecular flexibility index (Phi) is 37.6. The summed E-state index contributed by atoms with van der Waals surface area (Å²) in [6.45, 7) is 4.14. The normalized spacial score (nSPS) is 14.1. The van der Waals surface area contributed by atoms with Gasteiger partial charge in [0.1, 0.15) is 0 Å². The quantitative estimate of drug-likeness (QED) is 0.0469. The predicted molar refractivity (Wildman–Crippen MR) is 216 cm³/mol. The fraction of sp³-hybridized carbons (Fsp3) is 0.622. The largest absolute Gasteiger partial charge is 0.394 e. The lowest BCUT2D eigenvalue weighted by atomic mass is 10.1. The minimum atomic E-state index is -0.884. The van der Waals surface area contributed by atoms with Crippen LogP contribution in [0.1, 0.15) is 162 Å². The van der Waals surface area contributed by atoms with Crippen molar-refractivity contribution in [2.45, 2.75) is 174 Å². The van der Waals surface area contributed by atoms with Gasteiger partial charge in [-0.05, 0) is 89.9 Å². The molecule has 0 saturated carbocycles. The van der Waals surface area contributed by atoms with Gasteiger partial charge in [0.25, 0.3) is 0 Å². The number of aliphatic hydroxyl groups excluding tert-OH is 2. The Morgan fingerprint density at radius 1 is 0.510 bits per heavy atom. The second-order valence-electron chi connectivity index (χ2n) is 12.9. The number of nitrogens with one attached hydrogen (secondary N) is 1. The SMILES string of the molecule is CC/C=C\C/C=C\C/C=C\C/C=C\C/C=C\CCCCCCCC(=O)NC(CO)C(O)/C=C/CC/C=C/CC/C=C/CCCCCCCC. The van der Waals surface area contributed by atoms with Crippen LogP contribution in [0.15, 0.2) is 97.2 Å². The molecule has 2 unspecified atom stereocenters. The molecular weight excluding hydrogens is 602 g/mol. The molecule has 0 rings (SSSR count). The summed E-state index contributed by atoms with van der Waals surface area (Å²) in [6.07, 6.45) is 59.2. The lowest BCUT2D eigenvalue weighted by Gasteiger charge is -2.19. The maximum atomic E-state index is 12.3. The molecule has 0 saturated heterocycles. The van der Waals surface area contributed by atoms with Crippen molar-refractivity contribution >= 4 is 5.91 Å². The van der Waals surface area contributed by atoms with Gasteiger partial charge in [0, 0.05) is 6.42 Å². The zero-order chi connectivity index (χ0) is 35.7. The molecule has 4 heteroatoms. The molecule has 0 aromatic rings. The molecule has 0 bridgehead atoms. The van der Waals surface area contributed by atoms with Crippen molar-refractivity contribution in [2.75, 3.05) is 6.61 Å². The van der Waals surface area contributed by atoms with Crippen LogP contribution in [-0.4, -0.2) is 34.9 Å². The van der Waals surface area contributed by atoms with Crippen molar-refractivity contribution in [2.24, 2.45) is 0 Å². The van der Waals surface area contributed by atoms with Gasteiger partial charge in [-0.3, -0.25) is 4.79 Å². The average Bonchev–Trinajstić information content (AvgIpc) is 3.10. The van der Waals surface area contributed by atoms with Crippen molar-refractivity contribution in [3.63, 3.8) is 0 Å². The van der Waals surface area contributed by atoms with Gasteiger partial charge in [0.15, 0.2) is 0 Å². The number of unbranched alkanes of at least 4 members (excludes halogenated alkanes) is 13. The second-order valence-corrected chi connectivity index (χ2v) is 12.9. The first kappa shape index (κ1) is 46.3. The number of rotatable bonds is 34. The number of carbonyl (C=O) groups is 1. The molecule has 4 nitrogen and oxygen atoms in total. The van der Waals surface area contributed by atoms with Crippen LogP contribution in [-0.2, 0) is 4.79 Å². The van der Waals surface area contributed by atoms with E-state index in [1.807, 2.05) is 6.08 Å². The first-order chi connectivity index (χ1) is 24.2. The van der Waals surface area contributed by atoms with Crippen LogP contribution in [0.2, 0.25) is 0 Å². The third-order valence-corrected chi connectivity index (χ3v) is 8.28.